The highest BCUT2D eigenvalue weighted by atomic mass is 32.1. The van der Waals surface area contributed by atoms with Crippen molar-refractivity contribution in [3.63, 3.8) is 0 Å². The summed E-state index contributed by atoms with van der Waals surface area (Å²) in [5.41, 5.74) is 2.38. The highest BCUT2D eigenvalue weighted by Crippen LogP contribution is 2.28. The molecule has 28 heavy (non-hydrogen) atoms. The van der Waals surface area contributed by atoms with Gasteiger partial charge in [-0.25, -0.2) is 14.4 Å². The number of nitrogens with zero attached hydrogens (tertiary/aromatic N) is 3. The Hall–Kier alpha value is -2.90. The molecule has 140 valence electrons. The molecule has 0 aliphatic carbocycles. The summed E-state index contributed by atoms with van der Waals surface area (Å²) in [6.07, 6.45) is 1.60. The first kappa shape index (κ1) is 18.5. The summed E-state index contributed by atoms with van der Waals surface area (Å²) in [5, 5.41) is 3.65. The molecule has 0 aliphatic rings. The molecule has 0 radical (unpaired) electrons. The average molecular weight is 410 g/mol. The predicted molar refractivity (Wildman–Crippen MR) is 111 cm³/mol. The molecular weight excluding hydrogens is 393 g/mol. The molecule has 0 atom stereocenters. The van der Waals surface area contributed by atoms with Crippen LogP contribution in [0.2, 0.25) is 0 Å². The van der Waals surface area contributed by atoms with Crippen LogP contribution in [0, 0.1) is 12.7 Å². The Balaban J connectivity index is 1.66. The van der Waals surface area contributed by atoms with Crippen LogP contribution in [0.5, 0.6) is 0 Å². The van der Waals surface area contributed by atoms with Crippen molar-refractivity contribution in [3.8, 4) is 10.6 Å². The van der Waals surface area contributed by atoms with Crippen LogP contribution in [0.3, 0.4) is 0 Å². The van der Waals surface area contributed by atoms with Gasteiger partial charge in [0.1, 0.15) is 15.7 Å². The SMILES string of the molecule is Cc1nc(CN(C(=O)c2cnc(-c3ccccc3)s2)c2ccc(F)cc2)cs1. The molecule has 1 amide bonds. The number of rotatable bonds is 5. The van der Waals surface area contributed by atoms with Gasteiger partial charge in [0.05, 0.1) is 23.4 Å². The molecule has 0 bridgehead atoms. The number of hydrogen-bond donors (Lipinski definition) is 0. The zero-order chi connectivity index (χ0) is 19.5. The van der Waals surface area contributed by atoms with Crippen molar-refractivity contribution in [3.05, 3.63) is 87.6 Å². The molecule has 4 aromatic rings. The maximum Gasteiger partial charge on any atom is 0.270 e. The minimum atomic E-state index is -0.343. The lowest BCUT2D eigenvalue weighted by Crippen LogP contribution is -2.30. The molecule has 4 rings (SSSR count). The summed E-state index contributed by atoms with van der Waals surface area (Å²) in [6, 6.07) is 15.6. The van der Waals surface area contributed by atoms with E-state index >= 15 is 0 Å². The highest BCUT2D eigenvalue weighted by Gasteiger charge is 2.22. The molecule has 4 nitrogen and oxygen atoms in total. The summed E-state index contributed by atoms with van der Waals surface area (Å²) >= 11 is 2.88. The van der Waals surface area contributed by atoms with Crippen LogP contribution >= 0.6 is 22.7 Å². The summed E-state index contributed by atoms with van der Waals surface area (Å²) in [7, 11) is 0. The third-order valence-corrected chi connectivity index (χ3v) is 5.96. The first-order valence-electron chi connectivity index (χ1n) is 8.60. The molecule has 0 unspecified atom stereocenters. The number of amides is 1. The number of aromatic nitrogens is 2. The van der Waals surface area contributed by atoms with Crippen molar-refractivity contribution in [2.45, 2.75) is 13.5 Å². The number of thiazole rings is 2. The van der Waals surface area contributed by atoms with Crippen LogP contribution in [0.15, 0.2) is 66.2 Å². The molecule has 7 heteroatoms. The fraction of sp³-hybridized carbons (Fsp3) is 0.0952. The van der Waals surface area contributed by atoms with Crippen LogP contribution in [-0.2, 0) is 6.54 Å². The summed E-state index contributed by atoms with van der Waals surface area (Å²) in [6.45, 7) is 2.24. The number of hydrogen-bond acceptors (Lipinski definition) is 5. The molecule has 0 spiro atoms. The van der Waals surface area contributed by atoms with Crippen LogP contribution < -0.4 is 4.90 Å². The third-order valence-electron chi connectivity index (χ3n) is 4.11. The van der Waals surface area contributed by atoms with Gasteiger partial charge in [-0.05, 0) is 31.2 Å². The zero-order valence-electron chi connectivity index (χ0n) is 15.0. The third kappa shape index (κ3) is 4.00. The number of carbonyl (C=O) groups is 1. The maximum absolute atomic E-state index is 13.4. The van der Waals surface area contributed by atoms with E-state index in [2.05, 4.69) is 9.97 Å². The molecule has 0 aliphatic heterocycles. The van der Waals surface area contributed by atoms with Crippen molar-refractivity contribution < 1.29 is 9.18 Å². The molecule has 2 aromatic carbocycles. The zero-order valence-corrected chi connectivity index (χ0v) is 16.6. The van der Waals surface area contributed by atoms with E-state index in [0.717, 1.165) is 21.3 Å². The number of aryl methyl sites for hydroxylation is 1. The quantitative estimate of drug-likeness (QED) is 0.433. The van der Waals surface area contributed by atoms with E-state index in [4.69, 9.17) is 0 Å². The van der Waals surface area contributed by atoms with Gasteiger partial charge < -0.3 is 4.90 Å². The second-order valence-corrected chi connectivity index (χ2v) is 8.21. The van der Waals surface area contributed by atoms with Gasteiger partial charge in [-0.3, -0.25) is 4.79 Å². The molecule has 2 heterocycles. The smallest absolute Gasteiger partial charge is 0.270 e. The van der Waals surface area contributed by atoms with Gasteiger partial charge in [-0.2, -0.15) is 0 Å². The van der Waals surface area contributed by atoms with Crippen LogP contribution in [0.1, 0.15) is 20.4 Å². The lowest BCUT2D eigenvalue weighted by Gasteiger charge is -2.21. The molecular formula is C21H16FN3OS2. The topological polar surface area (TPSA) is 46.1 Å². The number of anilines is 1. The fourth-order valence-electron chi connectivity index (χ4n) is 2.76. The van der Waals surface area contributed by atoms with Crippen molar-refractivity contribution in [1.82, 2.24) is 9.97 Å². The van der Waals surface area contributed by atoms with E-state index in [-0.39, 0.29) is 11.7 Å². The maximum atomic E-state index is 13.4. The minimum absolute atomic E-state index is 0.183. The summed E-state index contributed by atoms with van der Waals surface area (Å²) in [4.78, 5) is 24.3. The van der Waals surface area contributed by atoms with E-state index in [1.54, 1.807) is 23.2 Å². The van der Waals surface area contributed by atoms with Gasteiger partial charge in [-0.1, -0.05) is 30.3 Å². The normalized spacial score (nSPS) is 10.8. The Labute approximate surface area is 170 Å². The number of halogens is 1. The number of benzene rings is 2. The second-order valence-electron chi connectivity index (χ2n) is 6.12. The molecule has 0 saturated heterocycles. The van der Waals surface area contributed by atoms with Gasteiger partial charge >= 0.3 is 0 Å². The molecule has 0 fully saturated rings. The Morgan fingerprint density at radius 2 is 1.86 bits per heavy atom. The Bertz CT molecular complexity index is 1090. The van der Waals surface area contributed by atoms with Crippen molar-refractivity contribution in [2.24, 2.45) is 0 Å². The van der Waals surface area contributed by atoms with Crippen molar-refractivity contribution >= 4 is 34.3 Å². The van der Waals surface area contributed by atoms with Gasteiger partial charge in [0, 0.05) is 16.6 Å². The van der Waals surface area contributed by atoms with Crippen molar-refractivity contribution in [2.75, 3.05) is 4.90 Å². The summed E-state index contributed by atoms with van der Waals surface area (Å²) in [5.74, 6) is -0.526. The number of carbonyl (C=O) groups excluding carboxylic acids is 1. The van der Waals surface area contributed by atoms with E-state index in [0.29, 0.717) is 17.1 Å². The van der Waals surface area contributed by atoms with Crippen LogP contribution in [0.25, 0.3) is 10.6 Å². The minimum Gasteiger partial charge on any atom is -0.302 e. The second kappa shape index (κ2) is 8.00. The Kier molecular flexibility index (Phi) is 5.27. The van der Waals surface area contributed by atoms with Crippen molar-refractivity contribution in [1.29, 1.82) is 0 Å². The highest BCUT2D eigenvalue weighted by molar-refractivity contribution is 7.17. The largest absolute Gasteiger partial charge is 0.302 e. The first-order valence-corrected chi connectivity index (χ1v) is 10.3. The van der Waals surface area contributed by atoms with E-state index in [1.807, 2.05) is 42.6 Å². The van der Waals surface area contributed by atoms with E-state index < -0.39 is 0 Å². The van der Waals surface area contributed by atoms with E-state index in [1.165, 1.54) is 34.8 Å². The predicted octanol–water partition coefficient (Wildman–Crippen LogP) is 5.56. The van der Waals surface area contributed by atoms with Crippen LogP contribution in [0.4, 0.5) is 10.1 Å². The monoisotopic (exact) mass is 409 g/mol. The lowest BCUT2D eigenvalue weighted by atomic mass is 10.2. The first-order chi connectivity index (χ1) is 13.6. The molecule has 2 aromatic heterocycles. The van der Waals surface area contributed by atoms with Gasteiger partial charge in [0.15, 0.2) is 0 Å². The van der Waals surface area contributed by atoms with E-state index in [9.17, 15) is 9.18 Å². The summed E-state index contributed by atoms with van der Waals surface area (Å²) < 4.78 is 13.4. The standard InChI is InChI=1S/C21H16FN3OS2/c1-14-24-17(13-27-14)12-25(18-9-7-16(22)8-10-18)21(26)19-11-23-20(28-19)15-5-3-2-4-6-15/h2-11,13H,12H2,1H3. The molecule has 0 saturated carbocycles. The average Bonchev–Trinajstić information content (AvgIpc) is 3.36. The van der Waals surface area contributed by atoms with Crippen LogP contribution in [-0.4, -0.2) is 15.9 Å². The van der Waals surface area contributed by atoms with Gasteiger partial charge in [0.25, 0.3) is 5.91 Å². The molecule has 0 N–H and O–H groups in total. The fourth-order valence-corrected chi connectivity index (χ4v) is 4.24. The lowest BCUT2D eigenvalue weighted by molar-refractivity contribution is 0.0988. The Morgan fingerprint density at radius 3 is 2.54 bits per heavy atom. The van der Waals surface area contributed by atoms with Gasteiger partial charge in [-0.15, -0.1) is 22.7 Å². The Morgan fingerprint density at radius 1 is 1.11 bits per heavy atom. The van der Waals surface area contributed by atoms with Gasteiger partial charge in [0.2, 0.25) is 0 Å².